The second kappa shape index (κ2) is 9.49. The van der Waals surface area contributed by atoms with Crippen molar-refractivity contribution in [1.29, 1.82) is 0 Å². The second-order valence-corrected chi connectivity index (χ2v) is 10.0. The molecule has 0 bridgehead atoms. The minimum absolute atomic E-state index is 0.0155. The molecule has 1 aromatic heterocycles. The molecule has 1 unspecified atom stereocenters. The number of thioether (sulfide) groups is 1. The number of aliphatic imine (C=N–C) groups is 1. The lowest BCUT2D eigenvalue weighted by Crippen LogP contribution is -2.38. The zero-order valence-electron chi connectivity index (χ0n) is 18.7. The standard InChI is InChI=1S/C24H17ClF4N4O3S/c25-15-3-2-13(17(7-15)24(27,28)29)10-33-18-4-1-12(5-14(18)9-30-33)6-20-21(34)31-23(37-20)32-11-16(26)8-19(32)22(35)36/h1-7,9,16,19H,8,10-11H2,(H,35,36)/b20-6+/t16?,19-/m0/s1. The van der Waals surface area contributed by atoms with Crippen LogP contribution >= 0.6 is 23.4 Å². The number of hydrogen-bond donors (Lipinski definition) is 1. The zero-order valence-corrected chi connectivity index (χ0v) is 20.3. The van der Waals surface area contributed by atoms with E-state index in [9.17, 15) is 32.3 Å². The van der Waals surface area contributed by atoms with Crippen LogP contribution in [0.1, 0.15) is 23.1 Å². The molecule has 192 valence electrons. The first-order chi connectivity index (χ1) is 17.5. The molecule has 13 heteroatoms. The molecule has 3 heterocycles. The van der Waals surface area contributed by atoms with Gasteiger partial charge in [-0.1, -0.05) is 23.7 Å². The largest absolute Gasteiger partial charge is 0.480 e. The quantitative estimate of drug-likeness (QED) is 0.352. The van der Waals surface area contributed by atoms with Gasteiger partial charge in [-0.05, 0) is 53.2 Å². The summed E-state index contributed by atoms with van der Waals surface area (Å²) in [5.74, 6) is -1.75. The van der Waals surface area contributed by atoms with E-state index in [1.54, 1.807) is 24.3 Å². The topological polar surface area (TPSA) is 87.8 Å². The second-order valence-electron chi connectivity index (χ2n) is 8.57. The molecule has 1 amide bonds. The van der Waals surface area contributed by atoms with Crippen LogP contribution in [-0.2, 0) is 22.3 Å². The van der Waals surface area contributed by atoms with Crippen molar-refractivity contribution >= 4 is 57.4 Å². The number of hydrogen-bond acceptors (Lipinski definition) is 5. The molecule has 5 rings (SSSR count). The minimum atomic E-state index is -4.57. The van der Waals surface area contributed by atoms with Gasteiger partial charge in [0.25, 0.3) is 5.91 Å². The van der Waals surface area contributed by atoms with Gasteiger partial charge in [-0.15, -0.1) is 0 Å². The molecule has 7 nitrogen and oxygen atoms in total. The van der Waals surface area contributed by atoms with Crippen LogP contribution in [-0.4, -0.2) is 55.6 Å². The van der Waals surface area contributed by atoms with Gasteiger partial charge in [0.2, 0.25) is 0 Å². The fourth-order valence-corrected chi connectivity index (χ4v) is 5.48. The summed E-state index contributed by atoms with van der Waals surface area (Å²) in [6.07, 6.45) is -3.00. The van der Waals surface area contributed by atoms with Crippen molar-refractivity contribution in [2.75, 3.05) is 6.54 Å². The monoisotopic (exact) mass is 552 g/mol. The summed E-state index contributed by atoms with van der Waals surface area (Å²) < 4.78 is 55.7. The maximum Gasteiger partial charge on any atom is 0.416 e. The highest BCUT2D eigenvalue weighted by atomic mass is 35.5. The SMILES string of the molecule is O=C1N=C(N2CC(F)C[C@H]2C(=O)O)S/C1=C/c1ccc2c(cnn2Cc2ccc(Cl)cc2C(F)(F)F)c1. The Kier molecular flexibility index (Phi) is 6.48. The maximum atomic E-state index is 13.8. The summed E-state index contributed by atoms with van der Waals surface area (Å²) in [6.45, 7) is -0.282. The van der Waals surface area contributed by atoms with Gasteiger partial charge in [-0.3, -0.25) is 9.48 Å². The van der Waals surface area contributed by atoms with Crippen molar-refractivity contribution in [3.8, 4) is 0 Å². The first-order valence-corrected chi connectivity index (χ1v) is 12.2. The summed E-state index contributed by atoms with van der Waals surface area (Å²) in [6, 6.07) is 7.58. The molecule has 1 fully saturated rings. The van der Waals surface area contributed by atoms with Crippen molar-refractivity contribution in [3.05, 3.63) is 69.2 Å². The van der Waals surface area contributed by atoms with Crippen LogP contribution in [0.4, 0.5) is 17.6 Å². The Morgan fingerprint density at radius 3 is 2.76 bits per heavy atom. The van der Waals surface area contributed by atoms with Crippen molar-refractivity contribution < 1.29 is 32.3 Å². The number of benzene rings is 2. The number of carbonyl (C=O) groups excluding carboxylic acids is 1. The third kappa shape index (κ3) is 5.08. The lowest BCUT2D eigenvalue weighted by molar-refractivity contribution is -0.141. The Hall–Kier alpha value is -3.38. The molecule has 0 radical (unpaired) electrons. The van der Waals surface area contributed by atoms with E-state index in [1.165, 1.54) is 27.9 Å². The Balaban J connectivity index is 1.37. The number of amidine groups is 1. The van der Waals surface area contributed by atoms with E-state index in [-0.39, 0.29) is 40.2 Å². The molecule has 2 atom stereocenters. The molecule has 2 aromatic carbocycles. The van der Waals surface area contributed by atoms with Gasteiger partial charge in [-0.25, -0.2) is 9.18 Å². The van der Waals surface area contributed by atoms with Crippen LogP contribution in [0, 0.1) is 0 Å². The Morgan fingerprint density at radius 1 is 1.24 bits per heavy atom. The average molecular weight is 553 g/mol. The summed E-state index contributed by atoms with van der Waals surface area (Å²) >= 11 is 6.73. The summed E-state index contributed by atoms with van der Waals surface area (Å²) in [7, 11) is 0. The van der Waals surface area contributed by atoms with Gasteiger partial charge in [0.1, 0.15) is 12.2 Å². The third-order valence-corrected chi connectivity index (χ3v) is 7.31. The molecular weight excluding hydrogens is 536 g/mol. The molecule has 1 N–H and O–H groups in total. The molecule has 37 heavy (non-hydrogen) atoms. The molecule has 2 aliphatic heterocycles. The van der Waals surface area contributed by atoms with Crippen molar-refractivity contribution in [2.24, 2.45) is 4.99 Å². The number of aliphatic carboxylic acids is 1. The molecular formula is C24H17ClF4N4O3S. The van der Waals surface area contributed by atoms with Crippen LogP contribution in [0.5, 0.6) is 0 Å². The number of carboxylic acid groups (broad SMARTS) is 1. The maximum absolute atomic E-state index is 13.8. The number of carbonyl (C=O) groups is 2. The van der Waals surface area contributed by atoms with Gasteiger partial charge < -0.3 is 10.0 Å². The lowest BCUT2D eigenvalue weighted by atomic mass is 10.1. The van der Waals surface area contributed by atoms with Crippen LogP contribution in [0.25, 0.3) is 17.0 Å². The van der Waals surface area contributed by atoms with Crippen molar-refractivity contribution in [1.82, 2.24) is 14.7 Å². The molecule has 0 spiro atoms. The van der Waals surface area contributed by atoms with Crippen molar-refractivity contribution in [3.63, 3.8) is 0 Å². The summed E-state index contributed by atoms with van der Waals surface area (Å²) in [4.78, 5) is 29.3. The predicted molar refractivity (Wildman–Crippen MR) is 131 cm³/mol. The third-order valence-electron chi connectivity index (χ3n) is 6.05. The summed E-state index contributed by atoms with van der Waals surface area (Å²) in [5, 5.41) is 14.3. The fourth-order valence-electron chi connectivity index (χ4n) is 4.34. The molecule has 0 aliphatic carbocycles. The van der Waals surface area contributed by atoms with E-state index in [1.807, 2.05) is 0 Å². The highest BCUT2D eigenvalue weighted by Gasteiger charge is 2.41. The first kappa shape index (κ1) is 25.3. The van der Waals surface area contributed by atoms with E-state index in [0.29, 0.717) is 16.5 Å². The van der Waals surface area contributed by atoms with E-state index >= 15 is 0 Å². The average Bonchev–Trinajstić information content (AvgIpc) is 3.51. The Labute approximate surface area is 216 Å². The predicted octanol–water partition coefficient (Wildman–Crippen LogP) is 5.22. The van der Waals surface area contributed by atoms with Crippen LogP contribution in [0.3, 0.4) is 0 Å². The number of alkyl halides is 4. The van der Waals surface area contributed by atoms with E-state index in [4.69, 9.17) is 11.6 Å². The van der Waals surface area contributed by atoms with E-state index in [2.05, 4.69) is 10.1 Å². The lowest BCUT2D eigenvalue weighted by Gasteiger charge is -2.21. The number of rotatable bonds is 4. The number of halogens is 5. The highest BCUT2D eigenvalue weighted by Crippen LogP contribution is 2.36. The molecule has 1 saturated heterocycles. The van der Waals surface area contributed by atoms with Gasteiger partial charge in [0.15, 0.2) is 5.17 Å². The molecule has 0 saturated carbocycles. The van der Waals surface area contributed by atoms with Gasteiger partial charge in [-0.2, -0.15) is 23.3 Å². The normalized spacial score (nSPS) is 21.3. The number of fused-ring (bicyclic) bond motifs is 1. The molecule has 2 aliphatic rings. The summed E-state index contributed by atoms with van der Waals surface area (Å²) in [5.41, 5.74) is 0.381. The first-order valence-electron chi connectivity index (χ1n) is 11.0. The van der Waals surface area contributed by atoms with Gasteiger partial charge in [0, 0.05) is 16.8 Å². The van der Waals surface area contributed by atoms with Crippen LogP contribution < -0.4 is 0 Å². The van der Waals surface area contributed by atoms with Gasteiger partial charge >= 0.3 is 12.1 Å². The van der Waals surface area contributed by atoms with Crippen molar-refractivity contribution in [2.45, 2.75) is 31.4 Å². The Morgan fingerprint density at radius 2 is 2.03 bits per heavy atom. The van der Waals surface area contributed by atoms with Crippen LogP contribution in [0.15, 0.2) is 52.5 Å². The molecule has 3 aromatic rings. The Bertz CT molecular complexity index is 1490. The number of likely N-dealkylation sites (tertiary alicyclic amines) is 1. The smallest absolute Gasteiger partial charge is 0.416 e. The number of carboxylic acids is 1. The minimum Gasteiger partial charge on any atom is -0.480 e. The highest BCUT2D eigenvalue weighted by molar-refractivity contribution is 8.18. The van der Waals surface area contributed by atoms with E-state index in [0.717, 1.165) is 17.8 Å². The van der Waals surface area contributed by atoms with Crippen LogP contribution in [0.2, 0.25) is 5.02 Å². The van der Waals surface area contributed by atoms with Gasteiger partial charge in [0.05, 0.1) is 35.3 Å². The number of nitrogens with zero attached hydrogens (tertiary/aromatic N) is 4. The number of amides is 1. The fraction of sp³-hybridized carbons (Fsp3) is 0.250. The zero-order chi connectivity index (χ0) is 26.5. The van der Waals surface area contributed by atoms with E-state index < -0.39 is 35.8 Å². The number of aromatic nitrogens is 2.